The second kappa shape index (κ2) is 9.05. The molecule has 0 spiro atoms. The van der Waals surface area contributed by atoms with Crippen molar-refractivity contribution in [2.24, 2.45) is 0 Å². The van der Waals surface area contributed by atoms with Crippen molar-refractivity contribution in [1.82, 2.24) is 9.47 Å². The quantitative estimate of drug-likeness (QED) is 0.633. The minimum Gasteiger partial charge on any atom is -0.497 e. The molecule has 0 aliphatic rings. The zero-order valence-electron chi connectivity index (χ0n) is 17.4. The van der Waals surface area contributed by atoms with Crippen molar-refractivity contribution >= 4 is 29.1 Å². The van der Waals surface area contributed by atoms with Crippen LogP contribution in [0, 0.1) is 13.8 Å². The van der Waals surface area contributed by atoms with Gasteiger partial charge in [-0.05, 0) is 44.2 Å². The Labute approximate surface area is 181 Å². The Balaban J connectivity index is 1.78. The van der Waals surface area contributed by atoms with Gasteiger partial charge >= 0.3 is 0 Å². The first-order valence-electron chi connectivity index (χ1n) is 9.45. The Bertz CT molecular complexity index is 1090. The number of nitrogens with one attached hydrogen (secondary N) is 1. The fourth-order valence-corrected chi connectivity index (χ4v) is 3.55. The van der Waals surface area contributed by atoms with Gasteiger partial charge in [-0.1, -0.05) is 29.8 Å². The summed E-state index contributed by atoms with van der Waals surface area (Å²) in [7, 11) is 3.22. The molecular formula is C23H24ClN3O3. The van der Waals surface area contributed by atoms with E-state index in [1.807, 2.05) is 48.7 Å². The van der Waals surface area contributed by atoms with Gasteiger partial charge in [-0.15, -0.1) is 0 Å². The van der Waals surface area contributed by atoms with Crippen molar-refractivity contribution in [3.05, 3.63) is 76.6 Å². The van der Waals surface area contributed by atoms with Crippen LogP contribution in [0.15, 0.2) is 54.6 Å². The van der Waals surface area contributed by atoms with Crippen molar-refractivity contribution in [2.75, 3.05) is 26.0 Å². The summed E-state index contributed by atoms with van der Waals surface area (Å²) in [4.78, 5) is 26.8. The van der Waals surface area contributed by atoms with Crippen LogP contribution >= 0.6 is 11.6 Å². The second-order valence-electron chi connectivity index (χ2n) is 7.01. The third kappa shape index (κ3) is 4.49. The van der Waals surface area contributed by atoms with Crippen LogP contribution in [0.25, 0.3) is 5.69 Å². The highest BCUT2D eigenvalue weighted by Crippen LogP contribution is 2.25. The number of benzene rings is 2. The van der Waals surface area contributed by atoms with Crippen molar-refractivity contribution < 1.29 is 14.3 Å². The van der Waals surface area contributed by atoms with Crippen LogP contribution in [0.3, 0.4) is 0 Å². The zero-order chi connectivity index (χ0) is 21.8. The van der Waals surface area contributed by atoms with Gasteiger partial charge in [0.2, 0.25) is 5.91 Å². The molecule has 0 radical (unpaired) electrons. The van der Waals surface area contributed by atoms with Gasteiger partial charge in [-0.3, -0.25) is 9.59 Å². The van der Waals surface area contributed by atoms with E-state index in [9.17, 15) is 9.59 Å². The SMILES string of the molecule is COc1cccc(-n2c(C)cc(C(=O)N(C)CC(=O)Nc3ccccc3Cl)c2C)c1. The summed E-state index contributed by atoms with van der Waals surface area (Å²) >= 11 is 6.08. The molecule has 2 aromatic carbocycles. The van der Waals surface area contributed by atoms with E-state index in [-0.39, 0.29) is 18.4 Å². The average Bonchev–Trinajstić information content (AvgIpc) is 3.03. The van der Waals surface area contributed by atoms with Gasteiger partial charge in [0.15, 0.2) is 0 Å². The summed E-state index contributed by atoms with van der Waals surface area (Å²) in [5, 5.41) is 3.18. The molecule has 1 aromatic heterocycles. The lowest BCUT2D eigenvalue weighted by molar-refractivity contribution is -0.116. The van der Waals surface area contributed by atoms with Crippen molar-refractivity contribution in [3.8, 4) is 11.4 Å². The zero-order valence-corrected chi connectivity index (χ0v) is 18.2. The van der Waals surface area contributed by atoms with E-state index in [1.54, 1.807) is 38.4 Å². The highest BCUT2D eigenvalue weighted by atomic mass is 35.5. The fourth-order valence-electron chi connectivity index (χ4n) is 3.37. The van der Waals surface area contributed by atoms with Crippen LogP contribution in [-0.4, -0.2) is 42.0 Å². The van der Waals surface area contributed by atoms with Crippen molar-refractivity contribution in [1.29, 1.82) is 0 Å². The standard InChI is InChI=1S/C23H24ClN3O3/c1-15-12-19(16(2)27(15)17-8-7-9-18(13-17)30-4)23(29)26(3)14-22(28)25-21-11-6-5-10-20(21)24/h5-13H,14H2,1-4H3,(H,25,28). The summed E-state index contributed by atoms with van der Waals surface area (Å²) in [6.45, 7) is 3.73. The number of ether oxygens (including phenoxy) is 1. The van der Waals surface area contributed by atoms with E-state index in [1.165, 1.54) is 4.90 Å². The number of aryl methyl sites for hydroxylation is 1. The number of carbonyl (C=O) groups is 2. The maximum Gasteiger partial charge on any atom is 0.255 e. The Morgan fingerprint density at radius 2 is 1.83 bits per heavy atom. The number of likely N-dealkylation sites (N-methyl/N-ethyl adjacent to an activating group) is 1. The van der Waals surface area contributed by atoms with Crippen molar-refractivity contribution in [3.63, 3.8) is 0 Å². The number of aromatic nitrogens is 1. The van der Waals surface area contributed by atoms with Crippen LogP contribution in [0.1, 0.15) is 21.7 Å². The van der Waals surface area contributed by atoms with Crippen LogP contribution < -0.4 is 10.1 Å². The number of para-hydroxylation sites is 1. The monoisotopic (exact) mass is 425 g/mol. The molecule has 0 unspecified atom stereocenters. The summed E-state index contributed by atoms with van der Waals surface area (Å²) in [6.07, 6.45) is 0. The Morgan fingerprint density at radius 3 is 2.53 bits per heavy atom. The smallest absolute Gasteiger partial charge is 0.255 e. The van der Waals surface area contributed by atoms with E-state index in [0.29, 0.717) is 16.3 Å². The van der Waals surface area contributed by atoms with Gasteiger partial charge in [-0.2, -0.15) is 0 Å². The minimum absolute atomic E-state index is 0.0904. The topological polar surface area (TPSA) is 63.6 Å². The van der Waals surface area contributed by atoms with Gasteiger partial charge in [0.25, 0.3) is 5.91 Å². The number of hydrogen-bond donors (Lipinski definition) is 1. The molecule has 0 aliphatic heterocycles. The highest BCUT2D eigenvalue weighted by Gasteiger charge is 2.21. The van der Waals surface area contributed by atoms with Crippen molar-refractivity contribution in [2.45, 2.75) is 13.8 Å². The first kappa shape index (κ1) is 21.5. The number of methoxy groups -OCH3 is 1. The summed E-state index contributed by atoms with van der Waals surface area (Å²) in [6, 6.07) is 16.4. The Hall–Kier alpha value is -3.25. The van der Waals surface area contributed by atoms with Crippen LogP contribution in [0.5, 0.6) is 5.75 Å². The number of amides is 2. The largest absolute Gasteiger partial charge is 0.497 e. The minimum atomic E-state index is -0.319. The number of rotatable bonds is 6. The molecule has 3 rings (SSSR count). The van der Waals surface area contributed by atoms with Gasteiger partial charge in [0, 0.05) is 30.2 Å². The summed E-state index contributed by atoms with van der Waals surface area (Å²) in [5.74, 6) is 0.188. The second-order valence-corrected chi connectivity index (χ2v) is 7.42. The maximum absolute atomic E-state index is 13.0. The molecule has 156 valence electrons. The molecular weight excluding hydrogens is 402 g/mol. The first-order valence-corrected chi connectivity index (χ1v) is 9.83. The number of hydrogen-bond acceptors (Lipinski definition) is 3. The van der Waals surface area contributed by atoms with Crippen LogP contribution in [0.2, 0.25) is 5.02 Å². The van der Waals surface area contributed by atoms with E-state index in [4.69, 9.17) is 16.3 Å². The number of nitrogens with zero attached hydrogens (tertiary/aromatic N) is 2. The summed E-state index contributed by atoms with van der Waals surface area (Å²) < 4.78 is 7.30. The number of anilines is 1. The van der Waals surface area contributed by atoms with Gasteiger partial charge in [0.05, 0.1) is 29.9 Å². The molecule has 1 heterocycles. The molecule has 2 amide bonds. The Kier molecular flexibility index (Phi) is 6.47. The average molecular weight is 426 g/mol. The van der Waals surface area contributed by atoms with E-state index in [2.05, 4.69) is 5.32 Å². The van der Waals surface area contributed by atoms with E-state index in [0.717, 1.165) is 22.8 Å². The molecule has 0 aliphatic carbocycles. The molecule has 6 nitrogen and oxygen atoms in total. The third-order valence-corrected chi connectivity index (χ3v) is 5.18. The molecule has 7 heteroatoms. The molecule has 1 N–H and O–H groups in total. The molecule has 3 aromatic rings. The molecule has 0 saturated heterocycles. The molecule has 0 atom stereocenters. The van der Waals surface area contributed by atoms with E-state index >= 15 is 0 Å². The van der Waals surface area contributed by atoms with Crippen LogP contribution in [0.4, 0.5) is 5.69 Å². The highest BCUT2D eigenvalue weighted by molar-refractivity contribution is 6.33. The predicted octanol–water partition coefficient (Wildman–Crippen LogP) is 4.47. The number of halogens is 1. The van der Waals surface area contributed by atoms with Gasteiger partial charge < -0.3 is 19.5 Å². The summed E-state index contributed by atoms with van der Waals surface area (Å²) in [5.41, 5.74) is 3.68. The number of carbonyl (C=O) groups excluding carboxylic acids is 2. The van der Waals surface area contributed by atoms with Gasteiger partial charge in [-0.25, -0.2) is 0 Å². The lowest BCUT2D eigenvalue weighted by Gasteiger charge is -2.17. The lowest BCUT2D eigenvalue weighted by atomic mass is 10.2. The lowest BCUT2D eigenvalue weighted by Crippen LogP contribution is -2.35. The molecule has 0 saturated carbocycles. The maximum atomic E-state index is 13.0. The predicted molar refractivity (Wildman–Crippen MR) is 119 cm³/mol. The fraction of sp³-hybridized carbons (Fsp3) is 0.217. The molecule has 0 fully saturated rings. The van der Waals surface area contributed by atoms with Crippen LogP contribution in [-0.2, 0) is 4.79 Å². The normalized spacial score (nSPS) is 10.6. The Morgan fingerprint density at radius 1 is 1.10 bits per heavy atom. The third-order valence-electron chi connectivity index (χ3n) is 4.85. The molecule has 0 bridgehead atoms. The molecule has 30 heavy (non-hydrogen) atoms. The van der Waals surface area contributed by atoms with Gasteiger partial charge in [0.1, 0.15) is 5.75 Å². The van der Waals surface area contributed by atoms with E-state index < -0.39 is 0 Å². The first-order chi connectivity index (χ1) is 14.3.